The maximum Gasteiger partial charge on any atom is 0.244 e. The summed E-state index contributed by atoms with van der Waals surface area (Å²) in [6, 6.07) is 7.65. The summed E-state index contributed by atoms with van der Waals surface area (Å²) in [5.41, 5.74) is 2.39. The standard InChI is InChI=1S/C18H23NO2/c1-21-17-10-6-5-9-16(17)11-12-18(20)19-14-13-15-7-3-2-4-8-15/h5-7,9-12H,2-4,8,13-14H2,1H3,(H,19,20). The van der Waals surface area contributed by atoms with Gasteiger partial charge in [-0.05, 0) is 44.2 Å². The molecular weight excluding hydrogens is 262 g/mol. The fourth-order valence-electron chi connectivity index (χ4n) is 2.51. The number of methoxy groups -OCH3 is 1. The number of hydrogen-bond acceptors (Lipinski definition) is 2. The number of benzene rings is 1. The number of carbonyl (C=O) groups excluding carboxylic acids is 1. The van der Waals surface area contributed by atoms with E-state index in [1.54, 1.807) is 19.3 Å². The van der Waals surface area contributed by atoms with Gasteiger partial charge in [-0.1, -0.05) is 29.8 Å². The molecule has 0 saturated carbocycles. The molecule has 0 spiro atoms. The molecular formula is C18H23NO2. The van der Waals surface area contributed by atoms with Crippen LogP contribution in [0.2, 0.25) is 0 Å². The van der Waals surface area contributed by atoms with E-state index < -0.39 is 0 Å². The van der Waals surface area contributed by atoms with Crippen LogP contribution < -0.4 is 10.1 Å². The molecule has 0 fully saturated rings. The smallest absolute Gasteiger partial charge is 0.244 e. The van der Waals surface area contributed by atoms with Crippen LogP contribution in [-0.4, -0.2) is 19.6 Å². The number of para-hydroxylation sites is 1. The molecule has 2 rings (SSSR count). The summed E-state index contributed by atoms with van der Waals surface area (Å²) in [5, 5.41) is 2.93. The molecule has 3 heteroatoms. The first-order valence-corrected chi connectivity index (χ1v) is 7.56. The van der Waals surface area contributed by atoms with Crippen molar-refractivity contribution in [1.29, 1.82) is 0 Å². The number of rotatable bonds is 6. The first-order chi connectivity index (χ1) is 10.3. The molecule has 1 aromatic carbocycles. The van der Waals surface area contributed by atoms with E-state index in [1.165, 1.54) is 31.3 Å². The van der Waals surface area contributed by atoms with E-state index in [0.717, 1.165) is 17.7 Å². The molecule has 3 nitrogen and oxygen atoms in total. The lowest BCUT2D eigenvalue weighted by molar-refractivity contribution is -0.116. The van der Waals surface area contributed by atoms with E-state index >= 15 is 0 Å². The molecule has 112 valence electrons. The molecule has 1 aromatic rings. The fourth-order valence-corrected chi connectivity index (χ4v) is 2.51. The Kier molecular flexibility index (Phi) is 6.07. The van der Waals surface area contributed by atoms with Crippen molar-refractivity contribution >= 4 is 12.0 Å². The highest BCUT2D eigenvalue weighted by atomic mass is 16.5. The minimum Gasteiger partial charge on any atom is -0.496 e. The summed E-state index contributed by atoms with van der Waals surface area (Å²) in [5.74, 6) is 0.714. The third-order valence-corrected chi connectivity index (χ3v) is 3.68. The van der Waals surface area contributed by atoms with Gasteiger partial charge in [0.25, 0.3) is 0 Å². The molecule has 1 aliphatic rings. The van der Waals surface area contributed by atoms with Gasteiger partial charge in [0.1, 0.15) is 5.75 Å². The molecule has 21 heavy (non-hydrogen) atoms. The predicted molar refractivity (Wildman–Crippen MR) is 86.2 cm³/mol. The van der Waals surface area contributed by atoms with Crippen LogP contribution in [0.1, 0.15) is 37.7 Å². The lowest BCUT2D eigenvalue weighted by Crippen LogP contribution is -2.22. The Morgan fingerprint density at radius 3 is 2.95 bits per heavy atom. The zero-order chi connectivity index (χ0) is 14.9. The predicted octanol–water partition coefficient (Wildman–Crippen LogP) is 3.72. The second-order valence-corrected chi connectivity index (χ2v) is 5.22. The van der Waals surface area contributed by atoms with Gasteiger partial charge >= 0.3 is 0 Å². The van der Waals surface area contributed by atoms with Gasteiger partial charge in [0.05, 0.1) is 7.11 Å². The van der Waals surface area contributed by atoms with Crippen molar-refractivity contribution in [1.82, 2.24) is 5.32 Å². The lowest BCUT2D eigenvalue weighted by atomic mass is 9.97. The Hall–Kier alpha value is -2.03. The van der Waals surface area contributed by atoms with Crippen LogP contribution >= 0.6 is 0 Å². The number of hydrogen-bond donors (Lipinski definition) is 1. The first kappa shape index (κ1) is 15.4. The number of ether oxygens (including phenoxy) is 1. The van der Waals surface area contributed by atoms with Gasteiger partial charge in [0.15, 0.2) is 0 Å². The van der Waals surface area contributed by atoms with Crippen molar-refractivity contribution in [3.63, 3.8) is 0 Å². The molecule has 0 radical (unpaired) electrons. The normalized spacial score (nSPS) is 14.8. The van der Waals surface area contributed by atoms with E-state index in [2.05, 4.69) is 11.4 Å². The Morgan fingerprint density at radius 1 is 1.33 bits per heavy atom. The summed E-state index contributed by atoms with van der Waals surface area (Å²) in [6.45, 7) is 0.709. The second kappa shape index (κ2) is 8.30. The third kappa shape index (κ3) is 5.10. The van der Waals surface area contributed by atoms with Gasteiger partial charge in [-0.3, -0.25) is 4.79 Å². The van der Waals surface area contributed by atoms with E-state index in [-0.39, 0.29) is 5.91 Å². The van der Waals surface area contributed by atoms with Gasteiger partial charge in [-0.25, -0.2) is 0 Å². The van der Waals surface area contributed by atoms with Crippen molar-refractivity contribution in [2.75, 3.05) is 13.7 Å². The summed E-state index contributed by atoms with van der Waals surface area (Å²) in [6.07, 6.45) is 11.6. The fraction of sp³-hybridized carbons (Fsp3) is 0.389. The van der Waals surface area contributed by atoms with Gasteiger partial charge in [-0.2, -0.15) is 0 Å². The van der Waals surface area contributed by atoms with Crippen LogP contribution in [0.15, 0.2) is 42.0 Å². The van der Waals surface area contributed by atoms with E-state index in [0.29, 0.717) is 6.54 Å². The van der Waals surface area contributed by atoms with Gasteiger partial charge < -0.3 is 10.1 Å². The van der Waals surface area contributed by atoms with Gasteiger partial charge in [0.2, 0.25) is 5.91 Å². The van der Waals surface area contributed by atoms with Crippen molar-refractivity contribution in [2.45, 2.75) is 32.1 Å². The summed E-state index contributed by atoms with van der Waals surface area (Å²) in [4.78, 5) is 11.8. The minimum absolute atomic E-state index is 0.0580. The molecule has 1 aliphatic carbocycles. The highest BCUT2D eigenvalue weighted by Gasteiger charge is 2.04. The molecule has 0 bridgehead atoms. The van der Waals surface area contributed by atoms with E-state index in [4.69, 9.17) is 4.74 Å². The van der Waals surface area contributed by atoms with Crippen LogP contribution in [0.5, 0.6) is 5.75 Å². The quantitative estimate of drug-likeness (QED) is 0.639. The molecule has 0 saturated heterocycles. The van der Waals surface area contributed by atoms with Crippen molar-refractivity contribution < 1.29 is 9.53 Å². The third-order valence-electron chi connectivity index (χ3n) is 3.68. The number of allylic oxidation sites excluding steroid dienone is 1. The van der Waals surface area contributed by atoms with Crippen LogP contribution in [0.3, 0.4) is 0 Å². The maximum atomic E-state index is 11.8. The molecule has 0 heterocycles. The average molecular weight is 285 g/mol. The van der Waals surface area contributed by atoms with Crippen molar-refractivity contribution in [3.8, 4) is 5.75 Å². The second-order valence-electron chi connectivity index (χ2n) is 5.22. The average Bonchev–Trinajstić information content (AvgIpc) is 2.54. The van der Waals surface area contributed by atoms with Crippen LogP contribution in [0.4, 0.5) is 0 Å². The summed E-state index contributed by atoms with van der Waals surface area (Å²) >= 11 is 0. The molecule has 0 unspecified atom stereocenters. The number of carbonyl (C=O) groups is 1. The zero-order valence-electron chi connectivity index (χ0n) is 12.6. The molecule has 0 aliphatic heterocycles. The largest absolute Gasteiger partial charge is 0.496 e. The number of nitrogens with one attached hydrogen (secondary N) is 1. The Labute approximate surface area is 126 Å². The van der Waals surface area contributed by atoms with Gasteiger partial charge in [0, 0.05) is 18.2 Å². The lowest BCUT2D eigenvalue weighted by Gasteiger charge is -2.12. The van der Waals surface area contributed by atoms with Crippen LogP contribution in [0, 0.1) is 0 Å². The SMILES string of the molecule is COc1ccccc1C=CC(=O)NCCC1=CCCCC1. The minimum atomic E-state index is -0.0580. The molecule has 1 amide bonds. The molecule has 1 N–H and O–H groups in total. The van der Waals surface area contributed by atoms with Gasteiger partial charge in [-0.15, -0.1) is 0 Å². The highest BCUT2D eigenvalue weighted by Crippen LogP contribution is 2.20. The Balaban J connectivity index is 1.78. The zero-order valence-corrected chi connectivity index (χ0v) is 12.6. The van der Waals surface area contributed by atoms with E-state index in [9.17, 15) is 4.79 Å². The first-order valence-electron chi connectivity index (χ1n) is 7.56. The molecule has 0 aromatic heterocycles. The topological polar surface area (TPSA) is 38.3 Å². The monoisotopic (exact) mass is 285 g/mol. The summed E-state index contributed by atoms with van der Waals surface area (Å²) < 4.78 is 5.25. The maximum absolute atomic E-state index is 11.8. The Bertz CT molecular complexity index is 532. The highest BCUT2D eigenvalue weighted by molar-refractivity contribution is 5.92. The number of amides is 1. The Morgan fingerprint density at radius 2 is 2.19 bits per heavy atom. The van der Waals surface area contributed by atoms with Crippen LogP contribution in [0.25, 0.3) is 6.08 Å². The van der Waals surface area contributed by atoms with E-state index in [1.807, 2.05) is 24.3 Å². The van der Waals surface area contributed by atoms with Crippen molar-refractivity contribution in [3.05, 3.63) is 47.6 Å². The van der Waals surface area contributed by atoms with Crippen LogP contribution in [-0.2, 0) is 4.79 Å². The summed E-state index contributed by atoms with van der Waals surface area (Å²) in [7, 11) is 1.63. The van der Waals surface area contributed by atoms with Crippen molar-refractivity contribution in [2.24, 2.45) is 0 Å². The molecule has 0 atom stereocenters.